The van der Waals surface area contributed by atoms with Crippen molar-refractivity contribution in [3.05, 3.63) is 121 Å². The maximum atomic E-state index is 4.70. The number of rotatable bonds is 6. The first-order valence-corrected chi connectivity index (χ1v) is 10.5. The van der Waals surface area contributed by atoms with Gasteiger partial charge in [-0.15, -0.1) is 0 Å². The van der Waals surface area contributed by atoms with E-state index in [0.29, 0.717) is 5.95 Å². The third kappa shape index (κ3) is 4.35. The zero-order valence-electron chi connectivity index (χ0n) is 17.4. The molecule has 0 unspecified atom stereocenters. The van der Waals surface area contributed by atoms with Gasteiger partial charge in [-0.05, 0) is 29.3 Å². The Balaban J connectivity index is 1.42. The number of aromatic nitrogens is 2. The van der Waals surface area contributed by atoms with E-state index in [1.807, 2.05) is 72.8 Å². The summed E-state index contributed by atoms with van der Waals surface area (Å²) in [5.41, 5.74) is 6.47. The number of nitrogens with zero attached hydrogens (tertiary/aromatic N) is 2. The third-order valence-corrected chi connectivity index (χ3v) is 5.19. The van der Waals surface area contributed by atoms with Crippen LogP contribution >= 0.6 is 0 Å². The van der Waals surface area contributed by atoms with Crippen LogP contribution in [0.15, 0.2) is 121 Å². The van der Waals surface area contributed by atoms with Crippen LogP contribution in [-0.4, -0.2) is 9.97 Å². The molecule has 0 aliphatic carbocycles. The lowest BCUT2D eigenvalue weighted by Gasteiger charge is -2.14. The second kappa shape index (κ2) is 9.14. The van der Waals surface area contributed by atoms with Crippen LogP contribution in [-0.2, 0) is 0 Å². The van der Waals surface area contributed by atoms with Gasteiger partial charge in [-0.25, -0.2) is 4.98 Å². The molecule has 4 nitrogen and oxygen atoms in total. The lowest BCUT2D eigenvalue weighted by atomic mass is 10.0. The predicted octanol–water partition coefficient (Wildman–Crippen LogP) is 7.30. The fourth-order valence-corrected chi connectivity index (χ4v) is 3.67. The van der Waals surface area contributed by atoms with E-state index in [1.54, 1.807) is 6.20 Å². The minimum atomic E-state index is 0.538. The molecular formula is C28H22N4. The summed E-state index contributed by atoms with van der Waals surface area (Å²) in [6.45, 7) is 0. The molecule has 5 rings (SSSR count). The van der Waals surface area contributed by atoms with Gasteiger partial charge in [0.25, 0.3) is 0 Å². The van der Waals surface area contributed by atoms with Gasteiger partial charge < -0.3 is 10.6 Å². The minimum Gasteiger partial charge on any atom is -0.340 e. The number of hydrogen-bond acceptors (Lipinski definition) is 4. The van der Waals surface area contributed by atoms with Gasteiger partial charge in [-0.2, -0.15) is 4.98 Å². The average Bonchev–Trinajstić information content (AvgIpc) is 2.86. The number of hydrogen-bond donors (Lipinski definition) is 2. The second-order valence-electron chi connectivity index (χ2n) is 7.34. The summed E-state index contributed by atoms with van der Waals surface area (Å²) >= 11 is 0. The smallest absolute Gasteiger partial charge is 0.229 e. The number of benzene rings is 4. The third-order valence-electron chi connectivity index (χ3n) is 5.19. The van der Waals surface area contributed by atoms with Gasteiger partial charge in [0.2, 0.25) is 5.95 Å². The van der Waals surface area contributed by atoms with Crippen molar-refractivity contribution in [1.82, 2.24) is 9.97 Å². The largest absolute Gasteiger partial charge is 0.340 e. The van der Waals surface area contributed by atoms with E-state index in [0.717, 1.165) is 39.4 Å². The van der Waals surface area contributed by atoms with E-state index in [2.05, 4.69) is 58.1 Å². The molecule has 4 aromatic carbocycles. The molecule has 0 radical (unpaired) electrons. The van der Waals surface area contributed by atoms with Crippen LogP contribution in [0, 0.1) is 0 Å². The highest BCUT2D eigenvalue weighted by molar-refractivity contribution is 5.81. The summed E-state index contributed by atoms with van der Waals surface area (Å²) in [6.07, 6.45) is 1.76. The van der Waals surface area contributed by atoms with Crippen LogP contribution in [0.4, 0.5) is 23.1 Å². The molecule has 154 valence electrons. The van der Waals surface area contributed by atoms with E-state index in [1.165, 1.54) is 0 Å². The molecule has 0 atom stereocenters. The Kier molecular flexibility index (Phi) is 5.58. The molecule has 1 aromatic heterocycles. The Morgan fingerprint density at radius 1 is 0.469 bits per heavy atom. The van der Waals surface area contributed by atoms with Crippen molar-refractivity contribution in [2.75, 3.05) is 10.6 Å². The molecule has 0 saturated carbocycles. The van der Waals surface area contributed by atoms with E-state index in [9.17, 15) is 0 Å². The lowest BCUT2D eigenvalue weighted by molar-refractivity contribution is 1.17. The first-order chi connectivity index (χ1) is 15.9. The molecule has 32 heavy (non-hydrogen) atoms. The van der Waals surface area contributed by atoms with E-state index in [-0.39, 0.29) is 0 Å². The van der Waals surface area contributed by atoms with Crippen LogP contribution in [0.1, 0.15) is 0 Å². The average molecular weight is 415 g/mol. The SMILES string of the molecule is c1ccc(-c2ccccc2Nc2ccnc(Nc3ccccc3-c3ccccc3)n2)cc1. The summed E-state index contributed by atoms with van der Waals surface area (Å²) in [5.74, 6) is 1.26. The fourth-order valence-electron chi connectivity index (χ4n) is 3.67. The number of anilines is 4. The first kappa shape index (κ1) is 19.5. The summed E-state index contributed by atoms with van der Waals surface area (Å²) in [4.78, 5) is 9.13. The first-order valence-electron chi connectivity index (χ1n) is 10.5. The molecule has 0 fully saturated rings. The van der Waals surface area contributed by atoms with Gasteiger partial charge in [0.15, 0.2) is 0 Å². The van der Waals surface area contributed by atoms with Crippen molar-refractivity contribution < 1.29 is 0 Å². The predicted molar refractivity (Wildman–Crippen MR) is 132 cm³/mol. The monoisotopic (exact) mass is 414 g/mol. The van der Waals surface area contributed by atoms with Gasteiger partial charge in [-0.3, -0.25) is 0 Å². The van der Waals surface area contributed by atoms with Gasteiger partial charge in [-0.1, -0.05) is 97.1 Å². The van der Waals surface area contributed by atoms with Crippen molar-refractivity contribution >= 4 is 23.1 Å². The highest BCUT2D eigenvalue weighted by atomic mass is 15.1. The molecule has 0 aliphatic rings. The van der Waals surface area contributed by atoms with Crippen molar-refractivity contribution in [3.8, 4) is 22.3 Å². The topological polar surface area (TPSA) is 49.8 Å². The van der Waals surface area contributed by atoms with Crippen LogP contribution < -0.4 is 10.6 Å². The molecule has 0 aliphatic heterocycles. The van der Waals surface area contributed by atoms with Gasteiger partial charge in [0.1, 0.15) is 5.82 Å². The van der Waals surface area contributed by atoms with Crippen LogP contribution in [0.5, 0.6) is 0 Å². The Morgan fingerprint density at radius 2 is 0.969 bits per heavy atom. The Morgan fingerprint density at radius 3 is 1.56 bits per heavy atom. The number of nitrogens with one attached hydrogen (secondary N) is 2. The Bertz CT molecular complexity index is 1220. The maximum Gasteiger partial charge on any atom is 0.229 e. The highest BCUT2D eigenvalue weighted by Gasteiger charge is 2.08. The standard InChI is InChI=1S/C28H22N4/c1-3-11-21(12-4-1)23-15-7-9-17-25(23)30-27-19-20-29-28(32-27)31-26-18-10-8-16-24(26)22-13-5-2-6-14-22/h1-20H,(H2,29,30,31,32). The fraction of sp³-hybridized carbons (Fsp3) is 0. The molecule has 0 bridgehead atoms. The highest BCUT2D eigenvalue weighted by Crippen LogP contribution is 2.31. The van der Waals surface area contributed by atoms with E-state index in [4.69, 9.17) is 4.98 Å². The van der Waals surface area contributed by atoms with E-state index >= 15 is 0 Å². The second-order valence-corrected chi connectivity index (χ2v) is 7.34. The normalized spacial score (nSPS) is 10.5. The molecule has 1 heterocycles. The maximum absolute atomic E-state index is 4.70. The molecule has 0 spiro atoms. The van der Waals surface area contributed by atoms with Gasteiger partial charge >= 0.3 is 0 Å². The van der Waals surface area contributed by atoms with Gasteiger partial charge in [0, 0.05) is 28.7 Å². The Hall–Kier alpha value is -4.44. The zero-order chi connectivity index (χ0) is 21.6. The summed E-state index contributed by atoms with van der Waals surface area (Å²) < 4.78 is 0. The summed E-state index contributed by atoms with van der Waals surface area (Å²) in [7, 11) is 0. The molecule has 0 saturated heterocycles. The number of para-hydroxylation sites is 2. The van der Waals surface area contributed by atoms with Crippen molar-refractivity contribution in [3.63, 3.8) is 0 Å². The van der Waals surface area contributed by atoms with Crippen molar-refractivity contribution in [2.45, 2.75) is 0 Å². The van der Waals surface area contributed by atoms with Crippen LogP contribution in [0.25, 0.3) is 22.3 Å². The van der Waals surface area contributed by atoms with Crippen molar-refractivity contribution in [2.24, 2.45) is 0 Å². The summed E-state index contributed by atoms with van der Waals surface area (Å²) in [6, 6.07) is 38.9. The van der Waals surface area contributed by atoms with Gasteiger partial charge in [0.05, 0.1) is 0 Å². The molecule has 5 aromatic rings. The minimum absolute atomic E-state index is 0.538. The van der Waals surface area contributed by atoms with Crippen LogP contribution in [0.3, 0.4) is 0 Å². The molecule has 4 heteroatoms. The zero-order valence-corrected chi connectivity index (χ0v) is 17.4. The quantitative estimate of drug-likeness (QED) is 0.306. The Labute approximate surface area is 187 Å². The molecule has 2 N–H and O–H groups in total. The van der Waals surface area contributed by atoms with Crippen molar-refractivity contribution in [1.29, 1.82) is 0 Å². The van der Waals surface area contributed by atoms with E-state index < -0.39 is 0 Å². The lowest BCUT2D eigenvalue weighted by Crippen LogP contribution is -2.02. The van der Waals surface area contributed by atoms with Crippen LogP contribution in [0.2, 0.25) is 0 Å². The summed E-state index contributed by atoms with van der Waals surface area (Å²) in [5, 5.41) is 6.83. The molecule has 0 amide bonds. The molecular weight excluding hydrogens is 392 g/mol.